The normalized spacial score (nSPS) is 30.4. The highest BCUT2D eigenvalue weighted by atomic mass is 16.3. The second kappa shape index (κ2) is 10.9. The molecule has 2 N–H and O–H groups in total. The number of rotatable bonds is 11. The minimum absolute atomic E-state index is 0.0299. The van der Waals surface area contributed by atoms with E-state index >= 15 is 0 Å². The lowest BCUT2D eigenvalue weighted by Crippen LogP contribution is -2.40. The van der Waals surface area contributed by atoms with Crippen LogP contribution in [0.2, 0.25) is 0 Å². The van der Waals surface area contributed by atoms with Crippen LogP contribution in [0.3, 0.4) is 0 Å². The Labute approximate surface area is 170 Å². The van der Waals surface area contributed by atoms with Gasteiger partial charge in [-0.05, 0) is 69.6 Å². The Kier molecular flexibility index (Phi) is 8.92. The van der Waals surface area contributed by atoms with Gasteiger partial charge in [-0.1, -0.05) is 37.6 Å². The Morgan fingerprint density at radius 3 is 2.64 bits per heavy atom. The van der Waals surface area contributed by atoms with E-state index in [1.807, 2.05) is 12.2 Å². The highest BCUT2D eigenvalue weighted by Crippen LogP contribution is 2.48. The first-order chi connectivity index (χ1) is 13.4. The van der Waals surface area contributed by atoms with Crippen molar-refractivity contribution < 1.29 is 15.0 Å². The lowest BCUT2D eigenvalue weighted by Gasteiger charge is -2.45. The number of aliphatic hydroxyl groups excluding tert-OH is 2. The molecule has 5 atom stereocenters. The number of ketones is 1. The molecule has 28 heavy (non-hydrogen) atoms. The number of carbonyl (C=O) groups excluding carboxylic acids is 1. The molecular weight excluding hydrogens is 350 g/mol. The zero-order valence-electron chi connectivity index (χ0n) is 17.5. The van der Waals surface area contributed by atoms with E-state index < -0.39 is 6.10 Å². The van der Waals surface area contributed by atoms with Crippen molar-refractivity contribution in [3.63, 3.8) is 0 Å². The number of allylic oxidation sites excluding steroid dienone is 2. The zero-order chi connectivity index (χ0) is 20.6. The Morgan fingerprint density at radius 1 is 1.32 bits per heavy atom. The molecule has 0 heterocycles. The maximum atomic E-state index is 11.0. The average Bonchev–Trinajstić information content (AvgIpc) is 2.92. The molecule has 4 nitrogen and oxygen atoms in total. The largest absolute Gasteiger partial charge is 0.392 e. The van der Waals surface area contributed by atoms with Crippen molar-refractivity contribution in [2.75, 3.05) is 0 Å². The molecule has 0 spiro atoms. The van der Waals surface area contributed by atoms with Crippen LogP contribution in [0, 0.1) is 34.5 Å². The minimum Gasteiger partial charge on any atom is -0.392 e. The van der Waals surface area contributed by atoms with E-state index in [1.165, 1.54) is 6.42 Å². The topological polar surface area (TPSA) is 81.3 Å². The van der Waals surface area contributed by atoms with Crippen LogP contribution in [0.4, 0.5) is 0 Å². The molecule has 0 amide bonds. The van der Waals surface area contributed by atoms with Gasteiger partial charge in [0.15, 0.2) is 0 Å². The standard InChI is InChI=1S/C24H37NO3/c1-3-24(14-9-15-24)23(28)13-8-12-21-20(19(17-25)16-22(21)27)11-7-5-4-6-10-18(2)26/h5,7-8,12,19-23,27-28H,3-4,6,9-11,13-16H2,1-2H3/b7-5-,12-8+/t19-,20-,21?,22+,23?/m0/s1. The predicted octanol–water partition coefficient (Wildman–Crippen LogP) is 4.72. The molecule has 4 heteroatoms. The van der Waals surface area contributed by atoms with Gasteiger partial charge in [-0.15, -0.1) is 0 Å². The van der Waals surface area contributed by atoms with Crippen molar-refractivity contribution in [1.29, 1.82) is 5.26 Å². The lowest BCUT2D eigenvalue weighted by molar-refractivity contribution is -0.117. The summed E-state index contributed by atoms with van der Waals surface area (Å²) in [5.41, 5.74) is 0.0931. The summed E-state index contributed by atoms with van der Waals surface area (Å²) in [5, 5.41) is 30.5. The number of aliphatic hydroxyl groups is 2. The van der Waals surface area contributed by atoms with Crippen molar-refractivity contribution >= 4 is 5.78 Å². The zero-order valence-corrected chi connectivity index (χ0v) is 17.5. The fraction of sp³-hybridized carbons (Fsp3) is 0.750. The molecule has 0 aromatic rings. The molecule has 2 unspecified atom stereocenters. The fourth-order valence-corrected chi connectivity index (χ4v) is 4.89. The molecule has 0 aliphatic heterocycles. The first-order valence-electron chi connectivity index (χ1n) is 11.0. The summed E-state index contributed by atoms with van der Waals surface area (Å²) in [6.45, 7) is 3.77. The number of Topliss-reactive ketones (excluding diaryl/α,β-unsaturated/α-hetero) is 1. The summed E-state index contributed by atoms with van der Waals surface area (Å²) in [5.74, 6) is 0.167. The van der Waals surface area contributed by atoms with Crippen LogP contribution >= 0.6 is 0 Å². The van der Waals surface area contributed by atoms with Gasteiger partial charge in [0.2, 0.25) is 0 Å². The Balaban J connectivity index is 1.89. The fourth-order valence-electron chi connectivity index (χ4n) is 4.89. The van der Waals surface area contributed by atoms with E-state index in [4.69, 9.17) is 0 Å². The van der Waals surface area contributed by atoms with Crippen molar-refractivity contribution in [2.45, 2.75) is 90.3 Å². The molecule has 0 aromatic heterocycles. The second-order valence-corrected chi connectivity index (χ2v) is 8.83. The molecule has 0 radical (unpaired) electrons. The summed E-state index contributed by atoms with van der Waals surface area (Å²) in [6, 6.07) is 2.37. The number of nitriles is 1. The molecule has 0 bridgehead atoms. The number of unbranched alkanes of at least 4 members (excludes halogenated alkanes) is 1. The van der Waals surface area contributed by atoms with Crippen LogP contribution in [0.5, 0.6) is 0 Å². The predicted molar refractivity (Wildman–Crippen MR) is 111 cm³/mol. The van der Waals surface area contributed by atoms with Gasteiger partial charge in [-0.2, -0.15) is 5.26 Å². The monoisotopic (exact) mass is 387 g/mol. The molecule has 2 aliphatic carbocycles. The molecular formula is C24H37NO3. The average molecular weight is 388 g/mol. The van der Waals surface area contributed by atoms with Gasteiger partial charge in [0.05, 0.1) is 24.2 Å². The van der Waals surface area contributed by atoms with Crippen LogP contribution in [-0.4, -0.2) is 28.2 Å². The van der Waals surface area contributed by atoms with Gasteiger partial charge in [-0.25, -0.2) is 0 Å². The van der Waals surface area contributed by atoms with Gasteiger partial charge in [0.25, 0.3) is 0 Å². The third kappa shape index (κ3) is 5.78. The number of hydrogen-bond donors (Lipinski definition) is 2. The van der Waals surface area contributed by atoms with Crippen molar-refractivity contribution in [1.82, 2.24) is 0 Å². The van der Waals surface area contributed by atoms with E-state index in [0.29, 0.717) is 19.3 Å². The summed E-state index contributed by atoms with van der Waals surface area (Å²) in [7, 11) is 0. The van der Waals surface area contributed by atoms with Crippen LogP contribution < -0.4 is 0 Å². The highest BCUT2D eigenvalue weighted by molar-refractivity contribution is 5.75. The first-order valence-corrected chi connectivity index (χ1v) is 11.0. The maximum Gasteiger partial charge on any atom is 0.129 e. The van der Waals surface area contributed by atoms with E-state index in [1.54, 1.807) is 6.92 Å². The van der Waals surface area contributed by atoms with Gasteiger partial charge in [0, 0.05) is 12.3 Å². The van der Waals surface area contributed by atoms with Crippen molar-refractivity contribution in [3.8, 4) is 6.07 Å². The summed E-state index contributed by atoms with van der Waals surface area (Å²) >= 11 is 0. The third-order valence-corrected chi connectivity index (χ3v) is 7.07. The third-order valence-electron chi connectivity index (χ3n) is 7.07. The van der Waals surface area contributed by atoms with Gasteiger partial charge >= 0.3 is 0 Å². The molecule has 2 aliphatic rings. The minimum atomic E-state index is -0.488. The van der Waals surface area contributed by atoms with E-state index in [0.717, 1.165) is 38.5 Å². The van der Waals surface area contributed by atoms with Crippen molar-refractivity contribution in [2.24, 2.45) is 23.2 Å². The number of carbonyl (C=O) groups is 1. The maximum absolute atomic E-state index is 11.0. The summed E-state index contributed by atoms with van der Waals surface area (Å²) < 4.78 is 0. The second-order valence-electron chi connectivity index (χ2n) is 8.83. The summed E-state index contributed by atoms with van der Waals surface area (Å²) in [6.07, 6.45) is 16.2. The van der Waals surface area contributed by atoms with Gasteiger partial charge < -0.3 is 15.0 Å². The van der Waals surface area contributed by atoms with Gasteiger partial charge in [-0.3, -0.25) is 0 Å². The Bertz CT molecular complexity index is 594. The summed E-state index contributed by atoms with van der Waals surface area (Å²) in [4.78, 5) is 11.0. The highest BCUT2D eigenvalue weighted by Gasteiger charge is 2.42. The number of nitrogens with zero attached hydrogens (tertiary/aromatic N) is 1. The van der Waals surface area contributed by atoms with E-state index in [9.17, 15) is 20.3 Å². The van der Waals surface area contributed by atoms with Crippen LogP contribution in [0.1, 0.15) is 78.1 Å². The Hall–Kier alpha value is -1.44. The smallest absolute Gasteiger partial charge is 0.129 e. The molecule has 0 saturated heterocycles. The first kappa shape index (κ1) is 22.8. The van der Waals surface area contributed by atoms with E-state index in [-0.39, 0.29) is 35.1 Å². The van der Waals surface area contributed by atoms with Gasteiger partial charge in [0.1, 0.15) is 5.78 Å². The molecule has 2 rings (SSSR count). The van der Waals surface area contributed by atoms with Crippen molar-refractivity contribution in [3.05, 3.63) is 24.3 Å². The quantitative estimate of drug-likeness (QED) is 0.397. The molecule has 2 saturated carbocycles. The molecule has 156 valence electrons. The lowest BCUT2D eigenvalue weighted by atomic mass is 9.63. The van der Waals surface area contributed by atoms with Crippen LogP contribution in [-0.2, 0) is 4.79 Å². The number of hydrogen-bond acceptors (Lipinski definition) is 4. The van der Waals surface area contributed by atoms with E-state index in [2.05, 4.69) is 25.1 Å². The molecule has 2 fully saturated rings. The SMILES string of the molecule is CCC1(C(O)C/C=C/C2[C@H](O)C[C@@H](C#N)[C@@H]2C/C=C\CCCC(C)=O)CCC1. The Morgan fingerprint density at radius 2 is 2.07 bits per heavy atom. The molecule has 0 aromatic carbocycles. The van der Waals surface area contributed by atoms with Crippen LogP contribution in [0.15, 0.2) is 24.3 Å². The van der Waals surface area contributed by atoms with Crippen LogP contribution in [0.25, 0.3) is 0 Å².